The molecule has 0 saturated carbocycles. The average molecular weight is 182 g/mol. The van der Waals surface area contributed by atoms with E-state index in [0.717, 1.165) is 18.8 Å². The van der Waals surface area contributed by atoms with Gasteiger partial charge in [-0.1, -0.05) is 6.92 Å². The minimum absolute atomic E-state index is 0.210. The zero-order valence-corrected chi connectivity index (χ0v) is 8.57. The van der Waals surface area contributed by atoms with Crippen molar-refractivity contribution in [1.29, 1.82) is 0 Å². The van der Waals surface area contributed by atoms with Gasteiger partial charge in [-0.15, -0.1) is 0 Å². The fourth-order valence-electron chi connectivity index (χ4n) is 1.18. The molecule has 0 fully saturated rings. The van der Waals surface area contributed by atoms with Gasteiger partial charge < -0.3 is 5.73 Å². The first-order chi connectivity index (χ1) is 6.15. The molecule has 0 bridgehead atoms. The van der Waals surface area contributed by atoms with Crippen LogP contribution in [0, 0.1) is 5.92 Å². The lowest BCUT2D eigenvalue weighted by Crippen LogP contribution is -2.26. The fourth-order valence-corrected chi connectivity index (χ4v) is 1.18. The fraction of sp³-hybridized carbons (Fsp3) is 0.778. The number of aryl methyl sites for hydroxylation is 1. The standard InChI is InChI=1S/C9H18N4/c1-4-13-9(11-6-12-13)5-7(2)8(3)10/h6-8H,4-5,10H2,1-3H3. The van der Waals surface area contributed by atoms with Crippen molar-refractivity contribution in [2.24, 2.45) is 11.7 Å². The molecule has 0 aliphatic rings. The van der Waals surface area contributed by atoms with Crippen LogP contribution in [0.3, 0.4) is 0 Å². The number of rotatable bonds is 4. The summed E-state index contributed by atoms with van der Waals surface area (Å²) in [4.78, 5) is 4.21. The molecule has 13 heavy (non-hydrogen) atoms. The van der Waals surface area contributed by atoms with Gasteiger partial charge in [-0.05, 0) is 19.8 Å². The monoisotopic (exact) mass is 182 g/mol. The SMILES string of the molecule is CCn1ncnc1CC(C)C(C)N. The van der Waals surface area contributed by atoms with Crippen LogP contribution in [-0.2, 0) is 13.0 Å². The van der Waals surface area contributed by atoms with Gasteiger partial charge in [-0.2, -0.15) is 5.10 Å². The molecule has 4 nitrogen and oxygen atoms in total. The van der Waals surface area contributed by atoms with Crippen molar-refractivity contribution in [2.45, 2.75) is 39.8 Å². The molecule has 0 aromatic carbocycles. The Morgan fingerprint density at radius 3 is 2.77 bits per heavy atom. The second-order valence-corrected chi connectivity index (χ2v) is 3.53. The van der Waals surface area contributed by atoms with Gasteiger partial charge in [0, 0.05) is 19.0 Å². The van der Waals surface area contributed by atoms with Crippen molar-refractivity contribution < 1.29 is 0 Å². The number of nitrogens with zero attached hydrogens (tertiary/aromatic N) is 3. The van der Waals surface area contributed by atoms with Crippen molar-refractivity contribution in [3.05, 3.63) is 12.2 Å². The normalized spacial score (nSPS) is 15.7. The van der Waals surface area contributed by atoms with Crippen LogP contribution < -0.4 is 5.73 Å². The first-order valence-corrected chi connectivity index (χ1v) is 4.77. The van der Waals surface area contributed by atoms with E-state index in [2.05, 4.69) is 23.9 Å². The number of hydrogen-bond acceptors (Lipinski definition) is 3. The molecule has 1 aromatic heterocycles. The Labute approximate surface area is 79.2 Å². The van der Waals surface area contributed by atoms with E-state index in [0.29, 0.717) is 5.92 Å². The third kappa shape index (κ3) is 2.52. The third-order valence-corrected chi connectivity index (χ3v) is 2.40. The summed E-state index contributed by atoms with van der Waals surface area (Å²) in [6, 6.07) is 0.210. The summed E-state index contributed by atoms with van der Waals surface area (Å²) < 4.78 is 1.92. The molecule has 74 valence electrons. The molecule has 2 unspecified atom stereocenters. The first-order valence-electron chi connectivity index (χ1n) is 4.77. The molecule has 1 heterocycles. The minimum Gasteiger partial charge on any atom is -0.328 e. The lowest BCUT2D eigenvalue weighted by Gasteiger charge is -2.14. The predicted octanol–water partition coefficient (Wildman–Crippen LogP) is 0.824. The molecule has 2 N–H and O–H groups in total. The maximum Gasteiger partial charge on any atom is 0.138 e. The van der Waals surface area contributed by atoms with E-state index in [9.17, 15) is 0 Å². The summed E-state index contributed by atoms with van der Waals surface area (Å²) in [5.41, 5.74) is 5.79. The van der Waals surface area contributed by atoms with Gasteiger partial charge in [-0.25, -0.2) is 4.98 Å². The highest BCUT2D eigenvalue weighted by Crippen LogP contribution is 2.07. The lowest BCUT2D eigenvalue weighted by atomic mass is 10.0. The van der Waals surface area contributed by atoms with Crippen LogP contribution in [0.15, 0.2) is 6.33 Å². The van der Waals surface area contributed by atoms with Gasteiger partial charge in [0.25, 0.3) is 0 Å². The Morgan fingerprint density at radius 1 is 1.54 bits per heavy atom. The Balaban J connectivity index is 2.62. The van der Waals surface area contributed by atoms with Gasteiger partial charge in [0.1, 0.15) is 12.2 Å². The summed E-state index contributed by atoms with van der Waals surface area (Å²) in [7, 11) is 0. The minimum atomic E-state index is 0.210. The highest BCUT2D eigenvalue weighted by atomic mass is 15.3. The smallest absolute Gasteiger partial charge is 0.138 e. The van der Waals surface area contributed by atoms with Gasteiger partial charge in [0.2, 0.25) is 0 Å². The van der Waals surface area contributed by atoms with E-state index in [4.69, 9.17) is 5.73 Å². The molecule has 0 radical (unpaired) electrons. The van der Waals surface area contributed by atoms with E-state index in [1.807, 2.05) is 11.6 Å². The van der Waals surface area contributed by atoms with Crippen molar-refractivity contribution in [3.8, 4) is 0 Å². The zero-order valence-electron chi connectivity index (χ0n) is 8.57. The van der Waals surface area contributed by atoms with E-state index < -0.39 is 0 Å². The molecule has 0 aliphatic heterocycles. The molecule has 0 spiro atoms. The number of hydrogen-bond donors (Lipinski definition) is 1. The Kier molecular flexibility index (Phi) is 3.42. The lowest BCUT2D eigenvalue weighted by molar-refractivity contribution is 0.454. The highest BCUT2D eigenvalue weighted by Gasteiger charge is 2.11. The first kappa shape index (κ1) is 10.2. The maximum atomic E-state index is 5.79. The van der Waals surface area contributed by atoms with Crippen LogP contribution in [0.5, 0.6) is 0 Å². The van der Waals surface area contributed by atoms with Crippen molar-refractivity contribution in [2.75, 3.05) is 0 Å². The molecule has 0 saturated heterocycles. The summed E-state index contributed by atoms with van der Waals surface area (Å²) in [5.74, 6) is 1.49. The van der Waals surface area contributed by atoms with Crippen LogP contribution in [-0.4, -0.2) is 20.8 Å². The van der Waals surface area contributed by atoms with E-state index in [1.165, 1.54) is 0 Å². The van der Waals surface area contributed by atoms with Crippen LogP contribution in [0.25, 0.3) is 0 Å². The molecular weight excluding hydrogens is 164 g/mol. The Morgan fingerprint density at radius 2 is 2.23 bits per heavy atom. The second kappa shape index (κ2) is 4.37. The van der Waals surface area contributed by atoms with E-state index in [1.54, 1.807) is 6.33 Å². The number of nitrogens with two attached hydrogens (primary N) is 1. The molecule has 0 amide bonds. The average Bonchev–Trinajstić information content (AvgIpc) is 2.51. The molecule has 1 rings (SSSR count). The summed E-state index contributed by atoms with van der Waals surface area (Å²) in [6.07, 6.45) is 2.51. The van der Waals surface area contributed by atoms with Crippen LogP contribution in [0.4, 0.5) is 0 Å². The van der Waals surface area contributed by atoms with Crippen molar-refractivity contribution in [3.63, 3.8) is 0 Å². The molecule has 0 aliphatic carbocycles. The summed E-state index contributed by atoms with van der Waals surface area (Å²) in [6.45, 7) is 7.10. The molecule has 2 atom stereocenters. The van der Waals surface area contributed by atoms with E-state index >= 15 is 0 Å². The van der Waals surface area contributed by atoms with E-state index in [-0.39, 0.29) is 6.04 Å². The van der Waals surface area contributed by atoms with Crippen LogP contribution in [0.1, 0.15) is 26.6 Å². The van der Waals surface area contributed by atoms with Gasteiger partial charge in [-0.3, -0.25) is 4.68 Å². The van der Waals surface area contributed by atoms with Crippen molar-refractivity contribution in [1.82, 2.24) is 14.8 Å². The molecule has 1 aromatic rings. The van der Waals surface area contributed by atoms with Gasteiger partial charge in [0.05, 0.1) is 0 Å². The predicted molar refractivity (Wildman–Crippen MR) is 52.2 cm³/mol. The molecular formula is C9H18N4. The summed E-state index contributed by atoms with van der Waals surface area (Å²) >= 11 is 0. The highest BCUT2D eigenvalue weighted by molar-refractivity contribution is 4.87. The second-order valence-electron chi connectivity index (χ2n) is 3.53. The van der Waals surface area contributed by atoms with Gasteiger partial charge in [0.15, 0.2) is 0 Å². The zero-order chi connectivity index (χ0) is 9.84. The largest absolute Gasteiger partial charge is 0.328 e. The topological polar surface area (TPSA) is 56.7 Å². The van der Waals surface area contributed by atoms with Crippen LogP contribution >= 0.6 is 0 Å². The Hall–Kier alpha value is -0.900. The number of aromatic nitrogens is 3. The Bertz CT molecular complexity index is 254. The third-order valence-electron chi connectivity index (χ3n) is 2.40. The summed E-state index contributed by atoms with van der Waals surface area (Å²) in [5, 5.41) is 4.11. The molecule has 4 heteroatoms. The van der Waals surface area contributed by atoms with Crippen LogP contribution in [0.2, 0.25) is 0 Å². The quantitative estimate of drug-likeness (QED) is 0.750. The van der Waals surface area contributed by atoms with Crippen molar-refractivity contribution >= 4 is 0 Å². The maximum absolute atomic E-state index is 5.79. The van der Waals surface area contributed by atoms with Gasteiger partial charge >= 0.3 is 0 Å².